The zero-order chi connectivity index (χ0) is 7.40. The van der Waals surface area contributed by atoms with Crippen LogP contribution in [0, 0.1) is 0 Å². The zero-order valence-corrected chi connectivity index (χ0v) is 7.30. The third-order valence-electron chi connectivity index (χ3n) is 1.17. The van der Waals surface area contributed by atoms with E-state index in [0.717, 1.165) is 10.0 Å². The van der Waals surface area contributed by atoms with Crippen molar-refractivity contribution >= 4 is 22.1 Å². The first-order valence-corrected chi connectivity index (χ1v) is 3.80. The predicted molar refractivity (Wildman–Crippen MR) is 47.7 cm³/mol. The molecule has 0 amide bonds. The minimum Gasteiger partial charge on any atom is -0.296 e. The van der Waals surface area contributed by atoms with Crippen molar-refractivity contribution in [2.24, 2.45) is 4.99 Å². The van der Waals surface area contributed by atoms with Crippen LogP contribution in [-0.2, 0) is 0 Å². The van der Waals surface area contributed by atoms with Crippen LogP contribution in [0.4, 0.5) is 0 Å². The van der Waals surface area contributed by atoms with Crippen molar-refractivity contribution < 1.29 is 0 Å². The molecule has 0 bridgehead atoms. The first-order valence-electron chi connectivity index (χ1n) is 3.01. The van der Waals surface area contributed by atoms with Gasteiger partial charge in [-0.15, -0.1) is 0 Å². The van der Waals surface area contributed by atoms with Crippen LogP contribution in [0.1, 0.15) is 5.56 Å². The highest BCUT2D eigenvalue weighted by Crippen LogP contribution is 2.12. The molecule has 1 aromatic carbocycles. The molecule has 0 aliphatic heterocycles. The molecule has 0 aromatic heterocycles. The fourth-order valence-corrected chi connectivity index (χ4v) is 1.11. The maximum Gasteiger partial charge on any atom is 0.0292 e. The Morgan fingerprint density at radius 3 is 2.70 bits per heavy atom. The molecule has 1 rings (SSSR count). The van der Waals surface area contributed by atoms with Crippen LogP contribution in [0.2, 0.25) is 0 Å². The van der Waals surface area contributed by atoms with E-state index in [1.165, 1.54) is 0 Å². The van der Waals surface area contributed by atoms with Gasteiger partial charge in [-0.2, -0.15) is 0 Å². The second-order valence-electron chi connectivity index (χ2n) is 1.91. The number of hydrogen-bond donors (Lipinski definition) is 0. The molecule has 1 nitrogen and oxygen atoms in total. The van der Waals surface area contributed by atoms with E-state index in [1.54, 1.807) is 7.05 Å². The van der Waals surface area contributed by atoms with Crippen molar-refractivity contribution in [1.29, 1.82) is 0 Å². The van der Waals surface area contributed by atoms with Crippen LogP contribution in [0.25, 0.3) is 0 Å². The maximum atomic E-state index is 3.91. The summed E-state index contributed by atoms with van der Waals surface area (Å²) in [6.45, 7) is 0. The van der Waals surface area contributed by atoms with Gasteiger partial charge in [0.2, 0.25) is 0 Å². The van der Waals surface area contributed by atoms with E-state index < -0.39 is 0 Å². The number of rotatable bonds is 1. The minimum absolute atomic E-state index is 1.08. The van der Waals surface area contributed by atoms with Gasteiger partial charge < -0.3 is 0 Å². The molecule has 1 aromatic rings. The Morgan fingerprint density at radius 1 is 1.40 bits per heavy atom. The van der Waals surface area contributed by atoms with E-state index in [9.17, 15) is 0 Å². The highest BCUT2D eigenvalue weighted by atomic mass is 79.9. The summed E-state index contributed by atoms with van der Waals surface area (Å²) in [5.74, 6) is 0. The molecular formula is C8H8BrN. The number of halogens is 1. The fraction of sp³-hybridized carbons (Fsp3) is 0.125. The molecule has 0 fully saturated rings. The molecule has 0 atom stereocenters. The second-order valence-corrected chi connectivity index (χ2v) is 2.76. The van der Waals surface area contributed by atoms with E-state index in [-0.39, 0.29) is 0 Å². The van der Waals surface area contributed by atoms with Gasteiger partial charge in [0.25, 0.3) is 0 Å². The van der Waals surface area contributed by atoms with Crippen LogP contribution in [0.3, 0.4) is 0 Å². The lowest BCUT2D eigenvalue weighted by molar-refractivity contribution is 1.45. The average molecular weight is 198 g/mol. The normalized spacial score (nSPS) is 10.6. The van der Waals surface area contributed by atoms with Gasteiger partial charge in [0.05, 0.1) is 0 Å². The third-order valence-corrected chi connectivity index (χ3v) is 1.90. The molecule has 2 heteroatoms. The van der Waals surface area contributed by atoms with Gasteiger partial charge in [0, 0.05) is 23.3 Å². The van der Waals surface area contributed by atoms with Gasteiger partial charge in [-0.25, -0.2) is 0 Å². The van der Waals surface area contributed by atoms with Crippen molar-refractivity contribution in [2.75, 3.05) is 7.05 Å². The molecule has 52 valence electrons. The lowest BCUT2D eigenvalue weighted by Gasteiger charge is -1.93. The maximum absolute atomic E-state index is 3.91. The largest absolute Gasteiger partial charge is 0.296 e. The summed E-state index contributed by atoms with van der Waals surface area (Å²) in [6.07, 6.45) is 1.82. The average Bonchev–Trinajstić information content (AvgIpc) is 1.94. The van der Waals surface area contributed by atoms with Crippen molar-refractivity contribution in [2.45, 2.75) is 0 Å². The molecule has 0 aliphatic carbocycles. The predicted octanol–water partition coefficient (Wildman–Crippen LogP) is 2.50. The van der Waals surface area contributed by atoms with Crippen LogP contribution in [0.15, 0.2) is 33.7 Å². The first-order chi connectivity index (χ1) is 4.84. The van der Waals surface area contributed by atoms with Crippen molar-refractivity contribution in [3.05, 3.63) is 34.3 Å². The lowest BCUT2D eigenvalue weighted by Crippen LogP contribution is -1.80. The molecule has 0 unspecified atom stereocenters. The number of benzene rings is 1. The van der Waals surface area contributed by atoms with Crippen LogP contribution < -0.4 is 0 Å². The molecule has 0 spiro atoms. The van der Waals surface area contributed by atoms with E-state index in [2.05, 4.69) is 20.9 Å². The lowest BCUT2D eigenvalue weighted by atomic mass is 10.2. The smallest absolute Gasteiger partial charge is 0.0292 e. The fourth-order valence-electron chi connectivity index (χ4n) is 0.719. The number of aliphatic imine (C=N–C) groups is 1. The molecule has 0 heterocycles. The molecule has 0 aliphatic rings. The molecule has 0 radical (unpaired) electrons. The van der Waals surface area contributed by atoms with E-state index in [1.807, 2.05) is 30.5 Å². The topological polar surface area (TPSA) is 12.4 Å². The second kappa shape index (κ2) is 3.52. The monoisotopic (exact) mass is 197 g/mol. The van der Waals surface area contributed by atoms with E-state index in [0.29, 0.717) is 0 Å². The Labute approximate surface area is 68.9 Å². The molecule has 0 saturated heterocycles. The quantitative estimate of drug-likeness (QED) is 0.614. The summed E-state index contributed by atoms with van der Waals surface area (Å²) in [5, 5.41) is 0. The first kappa shape index (κ1) is 7.48. The molecule has 0 saturated carbocycles. The minimum atomic E-state index is 1.08. The number of nitrogens with zero attached hydrogens (tertiary/aromatic N) is 1. The Balaban J connectivity index is 3.03. The van der Waals surface area contributed by atoms with E-state index >= 15 is 0 Å². The number of hydrogen-bond acceptors (Lipinski definition) is 1. The third kappa shape index (κ3) is 1.67. The van der Waals surface area contributed by atoms with Gasteiger partial charge in [-0.05, 0) is 6.07 Å². The van der Waals surface area contributed by atoms with Crippen LogP contribution in [0.5, 0.6) is 0 Å². The molecule has 10 heavy (non-hydrogen) atoms. The summed E-state index contributed by atoms with van der Waals surface area (Å²) in [7, 11) is 1.76. The van der Waals surface area contributed by atoms with Crippen LogP contribution >= 0.6 is 15.9 Å². The van der Waals surface area contributed by atoms with Gasteiger partial charge in [-0.3, -0.25) is 4.99 Å². The van der Waals surface area contributed by atoms with Gasteiger partial charge >= 0.3 is 0 Å². The SMILES string of the molecule is CN=Cc1ccccc1Br. The summed E-state index contributed by atoms with van der Waals surface area (Å²) in [5.41, 5.74) is 1.12. The van der Waals surface area contributed by atoms with Gasteiger partial charge in [0.1, 0.15) is 0 Å². The van der Waals surface area contributed by atoms with Crippen molar-refractivity contribution in [3.8, 4) is 0 Å². The van der Waals surface area contributed by atoms with E-state index in [4.69, 9.17) is 0 Å². The van der Waals surface area contributed by atoms with Gasteiger partial charge in [-0.1, -0.05) is 34.1 Å². The summed E-state index contributed by atoms with van der Waals surface area (Å²) < 4.78 is 1.08. The standard InChI is InChI=1S/C8H8BrN/c1-10-6-7-4-2-3-5-8(7)9/h2-6H,1H3. The highest BCUT2D eigenvalue weighted by molar-refractivity contribution is 9.10. The van der Waals surface area contributed by atoms with Crippen molar-refractivity contribution in [1.82, 2.24) is 0 Å². The van der Waals surface area contributed by atoms with Crippen molar-refractivity contribution in [3.63, 3.8) is 0 Å². The molecule has 0 N–H and O–H groups in total. The summed E-state index contributed by atoms with van der Waals surface area (Å²) in [6, 6.07) is 7.98. The van der Waals surface area contributed by atoms with Gasteiger partial charge in [0.15, 0.2) is 0 Å². The Bertz CT molecular complexity index is 243. The highest BCUT2D eigenvalue weighted by Gasteiger charge is 1.90. The molecular weight excluding hydrogens is 190 g/mol. The van der Waals surface area contributed by atoms with Crippen LogP contribution in [-0.4, -0.2) is 13.3 Å². The Morgan fingerprint density at radius 2 is 2.10 bits per heavy atom. The Hall–Kier alpha value is -0.630. The zero-order valence-electron chi connectivity index (χ0n) is 5.71. The summed E-state index contributed by atoms with van der Waals surface area (Å²) >= 11 is 3.41. The summed E-state index contributed by atoms with van der Waals surface area (Å²) in [4.78, 5) is 3.91. The Kier molecular flexibility index (Phi) is 2.63.